The van der Waals surface area contributed by atoms with Gasteiger partial charge < -0.3 is 10.1 Å². The van der Waals surface area contributed by atoms with E-state index in [4.69, 9.17) is 17.0 Å². The molecule has 0 unspecified atom stereocenters. The zero-order valence-electron chi connectivity index (χ0n) is 12.3. The number of nitrogens with zero attached hydrogens (tertiary/aromatic N) is 1. The Morgan fingerprint density at radius 3 is 2.70 bits per heavy atom. The fourth-order valence-corrected chi connectivity index (χ4v) is 2.24. The second kappa shape index (κ2) is 8.59. The monoisotopic (exact) mass is 395 g/mol. The third-order valence-electron chi connectivity index (χ3n) is 2.94. The Labute approximate surface area is 147 Å². The van der Waals surface area contributed by atoms with E-state index in [0.717, 1.165) is 16.9 Å². The lowest BCUT2D eigenvalue weighted by Crippen LogP contribution is -2.31. The number of ether oxygens (including phenoxy) is 1. The first-order chi connectivity index (χ1) is 11.1. The quantitative estimate of drug-likeness (QED) is 0.461. The van der Waals surface area contributed by atoms with Crippen molar-refractivity contribution in [3.05, 3.63) is 63.9 Å². The van der Waals surface area contributed by atoms with Gasteiger partial charge in [-0.3, -0.25) is 5.43 Å². The van der Waals surface area contributed by atoms with E-state index in [1.54, 1.807) is 25.5 Å². The Balaban J connectivity index is 1.79. The molecule has 0 bridgehead atoms. The molecule has 0 saturated heterocycles. The van der Waals surface area contributed by atoms with Crippen LogP contribution in [0.2, 0.25) is 0 Å². The Morgan fingerprint density at radius 1 is 1.30 bits per heavy atom. The summed E-state index contributed by atoms with van der Waals surface area (Å²) < 4.78 is 18.6. The molecule has 0 amide bonds. The van der Waals surface area contributed by atoms with Crippen LogP contribution in [0.1, 0.15) is 11.1 Å². The molecule has 0 aliphatic rings. The summed E-state index contributed by atoms with van der Waals surface area (Å²) in [6.07, 6.45) is 1.56. The molecule has 0 aliphatic carbocycles. The molecule has 120 valence electrons. The van der Waals surface area contributed by atoms with Crippen molar-refractivity contribution < 1.29 is 9.13 Å². The van der Waals surface area contributed by atoms with Gasteiger partial charge in [-0.2, -0.15) is 5.10 Å². The number of nitrogens with one attached hydrogen (secondary N) is 2. The summed E-state index contributed by atoms with van der Waals surface area (Å²) in [5.74, 6) is 0.497. The summed E-state index contributed by atoms with van der Waals surface area (Å²) in [5, 5.41) is 7.45. The molecule has 0 spiro atoms. The van der Waals surface area contributed by atoms with E-state index in [-0.39, 0.29) is 5.82 Å². The number of methoxy groups -OCH3 is 1. The van der Waals surface area contributed by atoms with Crippen molar-refractivity contribution in [3.8, 4) is 5.75 Å². The molecule has 0 heterocycles. The van der Waals surface area contributed by atoms with Gasteiger partial charge in [-0.25, -0.2) is 4.39 Å². The molecule has 23 heavy (non-hydrogen) atoms. The molecule has 2 aromatic carbocycles. The molecule has 2 N–H and O–H groups in total. The minimum absolute atomic E-state index is 0.313. The smallest absolute Gasteiger partial charge is 0.187 e. The van der Waals surface area contributed by atoms with Crippen LogP contribution in [0, 0.1) is 5.82 Å². The maximum Gasteiger partial charge on any atom is 0.187 e. The van der Waals surface area contributed by atoms with Crippen molar-refractivity contribution in [2.24, 2.45) is 5.10 Å². The first-order valence-corrected chi connectivity index (χ1v) is 7.93. The highest BCUT2D eigenvalue weighted by Crippen LogP contribution is 2.15. The van der Waals surface area contributed by atoms with Crippen LogP contribution in [0.5, 0.6) is 5.75 Å². The van der Waals surface area contributed by atoms with Crippen LogP contribution in [0.3, 0.4) is 0 Å². The van der Waals surface area contributed by atoms with Crippen LogP contribution in [-0.2, 0) is 6.54 Å². The summed E-state index contributed by atoms with van der Waals surface area (Å²) in [6, 6.07) is 12.3. The number of halogens is 2. The summed E-state index contributed by atoms with van der Waals surface area (Å²) in [7, 11) is 1.63. The van der Waals surface area contributed by atoms with Crippen molar-refractivity contribution >= 4 is 39.5 Å². The fourth-order valence-electron chi connectivity index (χ4n) is 1.72. The van der Waals surface area contributed by atoms with Gasteiger partial charge in [-0.1, -0.05) is 18.2 Å². The van der Waals surface area contributed by atoms with Gasteiger partial charge in [0.1, 0.15) is 11.6 Å². The standard InChI is InChI=1S/C16H15BrFN3OS/c1-22-13-5-2-11(3-6-13)9-19-16(23)21-20-10-12-4-7-15(18)14(17)8-12/h2-8,10H,9H2,1H3,(H2,19,21,23)/b20-10-. The van der Waals surface area contributed by atoms with Gasteiger partial charge in [0.15, 0.2) is 5.11 Å². The third-order valence-corrected chi connectivity index (χ3v) is 3.78. The van der Waals surface area contributed by atoms with Gasteiger partial charge in [0, 0.05) is 6.54 Å². The maximum absolute atomic E-state index is 13.1. The summed E-state index contributed by atoms with van der Waals surface area (Å²) in [4.78, 5) is 0. The van der Waals surface area contributed by atoms with E-state index < -0.39 is 0 Å². The van der Waals surface area contributed by atoms with E-state index in [1.807, 2.05) is 24.3 Å². The van der Waals surface area contributed by atoms with Gasteiger partial charge in [0.05, 0.1) is 17.8 Å². The highest BCUT2D eigenvalue weighted by molar-refractivity contribution is 9.10. The van der Waals surface area contributed by atoms with Gasteiger partial charge in [-0.15, -0.1) is 0 Å². The second-order valence-corrected chi connectivity index (χ2v) is 5.84. The number of benzene rings is 2. The number of thiocarbonyl (C=S) groups is 1. The highest BCUT2D eigenvalue weighted by atomic mass is 79.9. The zero-order valence-corrected chi connectivity index (χ0v) is 14.7. The molecule has 2 rings (SSSR count). The number of rotatable bonds is 5. The largest absolute Gasteiger partial charge is 0.497 e. The molecular formula is C16H15BrFN3OS. The van der Waals surface area contributed by atoms with E-state index >= 15 is 0 Å². The molecule has 0 atom stereocenters. The van der Waals surface area contributed by atoms with Crippen molar-refractivity contribution in [2.45, 2.75) is 6.54 Å². The molecule has 0 saturated carbocycles. The lowest BCUT2D eigenvalue weighted by atomic mass is 10.2. The predicted octanol–water partition coefficient (Wildman–Crippen LogP) is 3.60. The number of hydrazone groups is 1. The van der Waals surface area contributed by atoms with Crippen LogP contribution >= 0.6 is 28.1 Å². The van der Waals surface area contributed by atoms with Crippen LogP contribution in [0.25, 0.3) is 0 Å². The van der Waals surface area contributed by atoms with Crippen LogP contribution in [0.15, 0.2) is 52.0 Å². The molecule has 4 nitrogen and oxygen atoms in total. The van der Waals surface area contributed by atoms with Crippen molar-refractivity contribution in [2.75, 3.05) is 7.11 Å². The zero-order chi connectivity index (χ0) is 16.7. The highest BCUT2D eigenvalue weighted by Gasteiger charge is 1.99. The summed E-state index contributed by atoms with van der Waals surface area (Å²) in [6.45, 7) is 0.577. The van der Waals surface area contributed by atoms with E-state index in [9.17, 15) is 4.39 Å². The lowest BCUT2D eigenvalue weighted by molar-refractivity contribution is 0.414. The second-order valence-electron chi connectivity index (χ2n) is 4.57. The van der Waals surface area contributed by atoms with Crippen LogP contribution < -0.4 is 15.5 Å². The first-order valence-electron chi connectivity index (χ1n) is 6.73. The maximum atomic E-state index is 13.1. The first kappa shape index (κ1) is 17.4. The molecule has 0 aliphatic heterocycles. The number of hydrogen-bond donors (Lipinski definition) is 2. The Hall–Kier alpha value is -1.99. The minimum atomic E-state index is -0.313. The Bertz CT molecular complexity index is 707. The summed E-state index contributed by atoms with van der Waals surface area (Å²) >= 11 is 8.26. The van der Waals surface area contributed by atoms with Gasteiger partial charge in [0.25, 0.3) is 0 Å². The van der Waals surface area contributed by atoms with Crippen molar-refractivity contribution in [1.82, 2.24) is 10.7 Å². The molecule has 0 aromatic heterocycles. The van der Waals surface area contributed by atoms with Crippen molar-refractivity contribution in [3.63, 3.8) is 0 Å². The fraction of sp³-hybridized carbons (Fsp3) is 0.125. The van der Waals surface area contributed by atoms with Crippen LogP contribution in [-0.4, -0.2) is 18.4 Å². The van der Waals surface area contributed by atoms with Crippen LogP contribution in [0.4, 0.5) is 4.39 Å². The minimum Gasteiger partial charge on any atom is -0.497 e. The molecule has 0 fully saturated rings. The van der Waals surface area contributed by atoms with Crippen molar-refractivity contribution in [1.29, 1.82) is 0 Å². The summed E-state index contributed by atoms with van der Waals surface area (Å²) in [5.41, 5.74) is 4.54. The third kappa shape index (κ3) is 5.61. The van der Waals surface area contributed by atoms with E-state index in [2.05, 4.69) is 31.8 Å². The molecular weight excluding hydrogens is 381 g/mol. The average Bonchev–Trinajstić information content (AvgIpc) is 2.56. The van der Waals surface area contributed by atoms with Gasteiger partial charge >= 0.3 is 0 Å². The lowest BCUT2D eigenvalue weighted by Gasteiger charge is -2.07. The SMILES string of the molecule is COc1ccc(CNC(=S)N/N=C\c2ccc(F)c(Br)c2)cc1. The predicted molar refractivity (Wildman–Crippen MR) is 97.3 cm³/mol. The Morgan fingerprint density at radius 2 is 2.04 bits per heavy atom. The normalized spacial score (nSPS) is 10.6. The molecule has 7 heteroatoms. The van der Waals surface area contributed by atoms with Gasteiger partial charge in [-0.05, 0) is 63.5 Å². The van der Waals surface area contributed by atoms with Gasteiger partial charge in [0.2, 0.25) is 0 Å². The number of hydrogen-bond acceptors (Lipinski definition) is 3. The molecule has 0 radical (unpaired) electrons. The molecule has 2 aromatic rings. The Kier molecular flexibility index (Phi) is 6.49. The average molecular weight is 396 g/mol. The topological polar surface area (TPSA) is 45.6 Å². The van der Waals surface area contributed by atoms with E-state index in [1.165, 1.54) is 6.07 Å². The van der Waals surface area contributed by atoms with E-state index in [0.29, 0.717) is 16.1 Å².